The number of morpholine rings is 1. The second-order valence-corrected chi connectivity index (χ2v) is 21.5. The van der Waals surface area contributed by atoms with Gasteiger partial charge in [0.15, 0.2) is 0 Å². The highest BCUT2D eigenvalue weighted by atomic mass is 35.5. The molecular weight excluding hydrogens is 904 g/mol. The normalized spacial score (nSPS) is 20.8. The van der Waals surface area contributed by atoms with Crippen LogP contribution in [0.1, 0.15) is 85.1 Å². The lowest BCUT2D eigenvalue weighted by Gasteiger charge is -2.39. The Morgan fingerprint density at radius 2 is 1.69 bits per heavy atom. The molecule has 15 nitrogen and oxygen atoms in total. The third-order valence-corrected chi connectivity index (χ3v) is 15.9. The molecule has 0 unspecified atom stereocenters. The largest absolute Gasteiger partial charge is 0.490 e. The fourth-order valence-electron chi connectivity index (χ4n) is 10.4. The Labute approximate surface area is 401 Å². The summed E-state index contributed by atoms with van der Waals surface area (Å²) in [5.74, 6) is -2.15. The molecule has 1 saturated carbocycles. The second-order valence-electron chi connectivity index (χ2n) is 19.4. The first-order chi connectivity index (χ1) is 32.8. The SMILES string of the molecule is CC1(C)CCC(CN2CCN(c3ccc(C(=O)NS(=O)(=O)c4ccc(O[C@H]5CC[C@@H](N6CCOCC6)CC5)c(C(=O)O)c4)c(-n4ncc5nc6[nH]ccc6cc54)c3)CC2)=C(c2ccc(Cl)cc2)C1. The van der Waals surface area contributed by atoms with Gasteiger partial charge in [-0.3, -0.25) is 14.6 Å². The lowest BCUT2D eigenvalue weighted by atomic mass is 9.72. The number of anilines is 1. The standard InChI is InChI=1S/C51H57ClN8O7S/c1-51(2)17-15-35(43(30-51)33-3-5-36(52)6-4-33)32-57-19-21-58(22-20-57)38-9-13-41(45(28-38)60-46-27-34-16-18-53-48(34)55-44(46)31-54-60)49(61)56-68(64,65)40-12-14-47(42(29-40)50(62)63)67-39-10-7-37(8-11-39)59-23-25-66-26-24-59/h3-6,9,12-14,16,18,27-29,31,37,39H,7-8,10-11,15,17,19-26,30,32H2,1-2H3,(H,53,55)(H,56,61)(H,62,63)/t37-,39+. The minimum atomic E-state index is -4.57. The predicted molar refractivity (Wildman–Crippen MR) is 262 cm³/mol. The van der Waals surface area contributed by atoms with E-state index in [4.69, 9.17) is 26.1 Å². The first kappa shape index (κ1) is 46.0. The molecule has 1 amide bonds. The van der Waals surface area contributed by atoms with Crippen molar-refractivity contribution in [1.82, 2.24) is 34.3 Å². The number of benzene rings is 3. The molecule has 6 aromatic rings. The van der Waals surface area contributed by atoms with E-state index in [1.54, 1.807) is 23.1 Å². The number of aromatic carboxylic acids is 1. The third-order valence-electron chi connectivity index (χ3n) is 14.3. The van der Waals surface area contributed by atoms with E-state index in [-0.39, 0.29) is 33.3 Å². The summed E-state index contributed by atoms with van der Waals surface area (Å²) >= 11 is 6.27. The van der Waals surface area contributed by atoms with E-state index in [0.717, 1.165) is 126 Å². The van der Waals surface area contributed by atoms with Crippen LogP contribution in [0.25, 0.3) is 33.3 Å². The van der Waals surface area contributed by atoms with Gasteiger partial charge in [-0.2, -0.15) is 5.10 Å². The smallest absolute Gasteiger partial charge is 0.339 e. The van der Waals surface area contributed by atoms with Crippen LogP contribution in [0.5, 0.6) is 5.75 Å². The number of allylic oxidation sites excluding steroid dienone is 1. The summed E-state index contributed by atoms with van der Waals surface area (Å²) in [6.45, 7) is 12.0. The average molecular weight is 962 g/mol. The first-order valence-corrected chi connectivity index (χ1v) is 25.5. The highest BCUT2D eigenvalue weighted by molar-refractivity contribution is 7.90. The number of pyridine rings is 1. The van der Waals surface area contributed by atoms with E-state index < -0.39 is 21.9 Å². The number of amides is 1. The van der Waals surface area contributed by atoms with Crippen molar-refractivity contribution in [3.05, 3.63) is 112 Å². The molecule has 3 aromatic heterocycles. The molecule has 4 aliphatic rings. The van der Waals surface area contributed by atoms with Crippen LogP contribution in [0.4, 0.5) is 5.69 Å². The fourth-order valence-corrected chi connectivity index (χ4v) is 11.5. The number of aromatic nitrogens is 4. The number of halogens is 1. The molecule has 68 heavy (non-hydrogen) atoms. The monoisotopic (exact) mass is 960 g/mol. The molecule has 17 heteroatoms. The molecule has 356 valence electrons. The van der Waals surface area contributed by atoms with Gasteiger partial charge in [-0.25, -0.2) is 27.6 Å². The lowest BCUT2D eigenvalue weighted by molar-refractivity contribution is -0.00113. The molecule has 0 atom stereocenters. The Kier molecular flexibility index (Phi) is 12.8. The maximum absolute atomic E-state index is 14.3. The Hall–Kier alpha value is -5.78. The van der Waals surface area contributed by atoms with Crippen molar-refractivity contribution >= 4 is 66.8 Å². The molecule has 3 aromatic carbocycles. The van der Waals surface area contributed by atoms with Crippen LogP contribution < -0.4 is 14.4 Å². The van der Waals surface area contributed by atoms with E-state index >= 15 is 0 Å². The van der Waals surface area contributed by atoms with Crippen LogP contribution in [-0.4, -0.2) is 126 Å². The van der Waals surface area contributed by atoms with Crippen molar-refractivity contribution in [3.63, 3.8) is 0 Å². The molecule has 5 heterocycles. The number of fused-ring (bicyclic) bond motifs is 2. The first-order valence-electron chi connectivity index (χ1n) is 23.6. The highest BCUT2D eigenvalue weighted by Gasteiger charge is 2.32. The minimum Gasteiger partial charge on any atom is -0.490 e. The number of carboxylic acids is 1. The van der Waals surface area contributed by atoms with E-state index in [9.17, 15) is 23.1 Å². The number of nitrogens with zero attached hydrogens (tertiary/aromatic N) is 6. The van der Waals surface area contributed by atoms with Crippen LogP contribution in [-0.2, 0) is 14.8 Å². The van der Waals surface area contributed by atoms with Crippen molar-refractivity contribution < 1.29 is 32.6 Å². The van der Waals surface area contributed by atoms with Crippen molar-refractivity contribution in [3.8, 4) is 11.4 Å². The molecule has 10 rings (SSSR count). The Balaban J connectivity index is 0.884. The zero-order valence-corrected chi connectivity index (χ0v) is 40.0. The average Bonchev–Trinajstić information content (AvgIpc) is 3.98. The van der Waals surface area contributed by atoms with Gasteiger partial charge in [0, 0.05) is 74.1 Å². The molecule has 2 aliphatic carbocycles. The van der Waals surface area contributed by atoms with Crippen molar-refractivity contribution in [2.75, 3.05) is 63.9 Å². The summed E-state index contributed by atoms with van der Waals surface area (Å²) in [5.41, 5.74) is 7.24. The van der Waals surface area contributed by atoms with Gasteiger partial charge in [-0.1, -0.05) is 43.2 Å². The topological polar surface area (TPSA) is 175 Å². The molecule has 2 saturated heterocycles. The Morgan fingerprint density at radius 1 is 0.926 bits per heavy atom. The zero-order chi connectivity index (χ0) is 47.2. The van der Waals surface area contributed by atoms with Crippen LogP contribution >= 0.6 is 11.6 Å². The van der Waals surface area contributed by atoms with Gasteiger partial charge in [0.1, 0.15) is 22.5 Å². The van der Waals surface area contributed by atoms with Gasteiger partial charge in [-0.05, 0) is 122 Å². The number of carbonyl (C=O) groups is 2. The number of nitrogens with one attached hydrogen (secondary N) is 2. The maximum atomic E-state index is 14.3. The molecule has 3 fully saturated rings. The number of rotatable bonds is 12. The number of carbonyl (C=O) groups excluding carboxylic acids is 1. The molecule has 0 bridgehead atoms. The van der Waals surface area contributed by atoms with Crippen LogP contribution in [0, 0.1) is 5.41 Å². The summed E-state index contributed by atoms with van der Waals surface area (Å²) < 4.78 is 43.6. The van der Waals surface area contributed by atoms with Crippen molar-refractivity contribution in [1.29, 1.82) is 0 Å². The number of carboxylic acid groups (broad SMARTS) is 1. The van der Waals surface area contributed by atoms with E-state index in [0.29, 0.717) is 28.4 Å². The summed E-state index contributed by atoms with van der Waals surface area (Å²) in [6, 6.07) is 21.5. The summed E-state index contributed by atoms with van der Waals surface area (Å²) in [7, 11) is -4.57. The fraction of sp³-hybridized carbons (Fsp3) is 0.412. The summed E-state index contributed by atoms with van der Waals surface area (Å²) in [4.78, 5) is 41.6. The van der Waals surface area contributed by atoms with E-state index in [1.807, 2.05) is 36.4 Å². The Bertz CT molecular complexity index is 3000. The van der Waals surface area contributed by atoms with E-state index in [2.05, 4.69) is 55.5 Å². The van der Waals surface area contributed by atoms with Crippen LogP contribution in [0.3, 0.4) is 0 Å². The number of aromatic amines is 1. The van der Waals surface area contributed by atoms with Gasteiger partial charge in [0.25, 0.3) is 15.9 Å². The van der Waals surface area contributed by atoms with Gasteiger partial charge >= 0.3 is 5.97 Å². The van der Waals surface area contributed by atoms with Gasteiger partial charge in [-0.15, -0.1) is 0 Å². The molecule has 0 radical (unpaired) electrons. The van der Waals surface area contributed by atoms with Crippen molar-refractivity contribution in [2.45, 2.75) is 75.8 Å². The van der Waals surface area contributed by atoms with Crippen LogP contribution in [0.15, 0.2) is 95.7 Å². The van der Waals surface area contributed by atoms with Crippen molar-refractivity contribution in [2.24, 2.45) is 5.41 Å². The highest BCUT2D eigenvalue weighted by Crippen LogP contribution is 2.43. The summed E-state index contributed by atoms with van der Waals surface area (Å²) in [6.07, 6.45) is 9.73. The second kappa shape index (κ2) is 19.0. The Morgan fingerprint density at radius 3 is 2.44 bits per heavy atom. The number of sulfonamides is 1. The van der Waals surface area contributed by atoms with Gasteiger partial charge < -0.3 is 24.5 Å². The summed E-state index contributed by atoms with van der Waals surface area (Å²) in [5, 5.41) is 16.5. The van der Waals surface area contributed by atoms with Gasteiger partial charge in [0.2, 0.25) is 0 Å². The number of hydrogen-bond donors (Lipinski definition) is 3. The quantitative estimate of drug-likeness (QED) is 0.108. The number of ether oxygens (including phenoxy) is 2. The molecule has 3 N–H and O–H groups in total. The van der Waals surface area contributed by atoms with Gasteiger partial charge in [0.05, 0.1) is 47.2 Å². The minimum absolute atomic E-state index is 0.0584. The molecule has 0 spiro atoms. The predicted octanol–water partition coefficient (Wildman–Crippen LogP) is 8.18. The molecular formula is C51H57ClN8O7S. The lowest BCUT2D eigenvalue weighted by Crippen LogP contribution is -2.47. The maximum Gasteiger partial charge on any atom is 0.339 e. The third kappa shape index (κ3) is 9.74. The molecule has 2 aliphatic heterocycles. The number of hydrogen-bond acceptors (Lipinski definition) is 11. The van der Waals surface area contributed by atoms with E-state index in [1.165, 1.54) is 28.8 Å². The van der Waals surface area contributed by atoms with Crippen LogP contribution in [0.2, 0.25) is 5.02 Å². The number of H-pyrrole nitrogens is 1. The zero-order valence-electron chi connectivity index (χ0n) is 38.4. The number of piperazine rings is 1.